The monoisotopic (exact) mass is 366 g/mol. The van der Waals surface area contributed by atoms with Crippen molar-refractivity contribution >= 4 is 18.1 Å². The average Bonchev–Trinajstić information content (AvgIpc) is 2.61. The minimum absolute atomic E-state index is 0. The van der Waals surface area contributed by atoms with Crippen molar-refractivity contribution in [1.29, 1.82) is 0 Å². The molecule has 1 aliphatic rings. The minimum atomic E-state index is -0.272. The Bertz CT molecular complexity index is 707. The lowest BCUT2D eigenvalue weighted by atomic mass is 10.1. The van der Waals surface area contributed by atoms with Gasteiger partial charge in [0.25, 0.3) is 0 Å². The molecule has 1 aliphatic heterocycles. The van der Waals surface area contributed by atoms with Gasteiger partial charge in [0.2, 0.25) is 0 Å². The number of rotatable bonds is 5. The fourth-order valence-corrected chi connectivity index (χ4v) is 2.87. The summed E-state index contributed by atoms with van der Waals surface area (Å²) in [5, 5.41) is 6.39. The quantitative estimate of drug-likeness (QED) is 0.758. The second-order valence-electron chi connectivity index (χ2n) is 5.97. The van der Waals surface area contributed by atoms with Crippen molar-refractivity contribution in [2.75, 3.05) is 25.0 Å². The molecule has 1 atom stereocenters. The first-order valence-electron chi connectivity index (χ1n) is 8.18. The number of halogens is 2. The molecule has 0 amide bonds. The molecule has 0 aliphatic carbocycles. The molecule has 4 N–H and O–H groups in total. The van der Waals surface area contributed by atoms with Crippen LogP contribution >= 0.6 is 12.4 Å². The van der Waals surface area contributed by atoms with Gasteiger partial charge < -0.3 is 21.1 Å². The average molecular weight is 367 g/mol. The molecule has 1 saturated heterocycles. The highest BCUT2D eigenvalue weighted by Crippen LogP contribution is 2.24. The van der Waals surface area contributed by atoms with Crippen LogP contribution in [-0.2, 0) is 17.8 Å². The van der Waals surface area contributed by atoms with Crippen molar-refractivity contribution in [1.82, 2.24) is 10.3 Å². The Kier molecular flexibility index (Phi) is 7.13. The lowest BCUT2D eigenvalue weighted by Gasteiger charge is -2.24. The number of aromatic nitrogens is 1. The van der Waals surface area contributed by atoms with Crippen LogP contribution in [0.2, 0.25) is 0 Å². The summed E-state index contributed by atoms with van der Waals surface area (Å²) in [6.07, 6.45) is -0.0859. The van der Waals surface area contributed by atoms with Gasteiger partial charge in [0, 0.05) is 31.9 Å². The molecule has 1 aromatic carbocycles. The summed E-state index contributed by atoms with van der Waals surface area (Å²) in [5.41, 5.74) is 9.76. The van der Waals surface area contributed by atoms with Gasteiger partial charge in [-0.3, -0.25) is 4.98 Å². The lowest BCUT2D eigenvalue weighted by molar-refractivity contribution is 0.0275. The van der Waals surface area contributed by atoms with Crippen LogP contribution in [0.15, 0.2) is 30.3 Å². The van der Waals surface area contributed by atoms with Gasteiger partial charge in [-0.1, -0.05) is 6.07 Å². The van der Waals surface area contributed by atoms with E-state index in [4.69, 9.17) is 10.5 Å². The molecular weight excluding hydrogens is 343 g/mol. The highest BCUT2D eigenvalue weighted by Gasteiger charge is 2.17. The van der Waals surface area contributed by atoms with Crippen LogP contribution in [0, 0.1) is 12.7 Å². The van der Waals surface area contributed by atoms with Gasteiger partial charge in [0.15, 0.2) is 0 Å². The van der Waals surface area contributed by atoms with E-state index in [1.165, 1.54) is 0 Å². The molecule has 1 fully saturated rings. The van der Waals surface area contributed by atoms with Crippen molar-refractivity contribution in [3.05, 3.63) is 58.7 Å². The second-order valence-corrected chi connectivity index (χ2v) is 5.97. The Labute approximate surface area is 153 Å². The Morgan fingerprint density at radius 1 is 1.36 bits per heavy atom. The van der Waals surface area contributed by atoms with E-state index in [1.54, 1.807) is 12.1 Å². The molecule has 2 aromatic rings. The number of anilines is 1. The van der Waals surface area contributed by atoms with E-state index in [0.29, 0.717) is 31.9 Å². The number of nitrogens with two attached hydrogens (primary N) is 1. The van der Waals surface area contributed by atoms with Gasteiger partial charge in [-0.05, 0) is 42.3 Å². The van der Waals surface area contributed by atoms with E-state index in [2.05, 4.69) is 15.6 Å². The molecule has 7 heteroatoms. The highest BCUT2D eigenvalue weighted by molar-refractivity contribution is 5.85. The van der Waals surface area contributed by atoms with Crippen molar-refractivity contribution in [3.63, 3.8) is 0 Å². The molecule has 5 nitrogen and oxygen atoms in total. The van der Waals surface area contributed by atoms with E-state index >= 15 is 0 Å². The Morgan fingerprint density at radius 3 is 2.88 bits per heavy atom. The zero-order valence-electron chi connectivity index (χ0n) is 14.2. The highest BCUT2D eigenvalue weighted by atomic mass is 35.5. The number of aryl methyl sites for hydroxylation is 1. The molecule has 0 bridgehead atoms. The molecule has 2 heterocycles. The number of benzene rings is 1. The Morgan fingerprint density at radius 2 is 2.20 bits per heavy atom. The van der Waals surface area contributed by atoms with Crippen LogP contribution in [0.4, 0.5) is 10.1 Å². The maximum atomic E-state index is 14.4. The molecule has 0 radical (unpaired) electrons. The van der Waals surface area contributed by atoms with E-state index in [9.17, 15) is 4.39 Å². The minimum Gasteiger partial charge on any atom is -0.379 e. The molecule has 1 aromatic heterocycles. The summed E-state index contributed by atoms with van der Waals surface area (Å²) < 4.78 is 20.0. The summed E-state index contributed by atoms with van der Waals surface area (Å²) >= 11 is 0. The molecule has 0 unspecified atom stereocenters. The third-order valence-corrected chi connectivity index (χ3v) is 4.05. The standard InChI is InChI=1S/C18H23FN4O.ClH/c1-12-6-13(7-15(9-20)23-12)10-22-17-3-2-14(8-16(17)19)18-11-21-4-5-24-18;/h2-3,6-8,18,21-22H,4-5,9-11,20H2,1H3;1H/t18-;/m1./s1. The van der Waals surface area contributed by atoms with E-state index in [0.717, 1.165) is 29.1 Å². The number of nitrogens with one attached hydrogen (secondary N) is 2. The Hall–Kier alpha value is -1.73. The molecule has 0 spiro atoms. The maximum absolute atomic E-state index is 14.4. The smallest absolute Gasteiger partial charge is 0.146 e. The topological polar surface area (TPSA) is 72.2 Å². The van der Waals surface area contributed by atoms with E-state index in [1.807, 2.05) is 25.1 Å². The van der Waals surface area contributed by atoms with Gasteiger partial charge in [-0.25, -0.2) is 4.39 Å². The normalized spacial score (nSPS) is 17.0. The van der Waals surface area contributed by atoms with E-state index in [-0.39, 0.29) is 24.3 Å². The molecule has 25 heavy (non-hydrogen) atoms. The summed E-state index contributed by atoms with van der Waals surface area (Å²) in [6, 6.07) is 9.13. The van der Waals surface area contributed by atoms with Crippen molar-refractivity contribution in [3.8, 4) is 0 Å². The number of nitrogens with zero attached hydrogens (tertiary/aromatic N) is 1. The molecule has 136 valence electrons. The largest absolute Gasteiger partial charge is 0.379 e. The number of morpholine rings is 1. The summed E-state index contributed by atoms with van der Waals surface area (Å²) in [5.74, 6) is -0.272. The number of ether oxygens (including phenoxy) is 1. The lowest BCUT2D eigenvalue weighted by Crippen LogP contribution is -2.33. The SMILES string of the molecule is Cc1cc(CNc2ccc([C@H]3CNCCO3)cc2F)cc(CN)n1.Cl. The molecular formula is C18H24ClFN4O. The zero-order chi connectivity index (χ0) is 16.9. The number of pyridine rings is 1. The van der Waals surface area contributed by atoms with Crippen LogP contribution < -0.4 is 16.4 Å². The first-order valence-corrected chi connectivity index (χ1v) is 8.18. The number of hydrogen-bond acceptors (Lipinski definition) is 5. The maximum Gasteiger partial charge on any atom is 0.146 e. The summed E-state index contributed by atoms with van der Waals surface area (Å²) in [4.78, 5) is 4.34. The Balaban J connectivity index is 0.00000225. The van der Waals surface area contributed by atoms with Gasteiger partial charge in [-0.2, -0.15) is 0 Å². The van der Waals surface area contributed by atoms with Crippen LogP contribution in [0.5, 0.6) is 0 Å². The number of hydrogen-bond donors (Lipinski definition) is 3. The summed E-state index contributed by atoms with van der Waals surface area (Å²) in [6.45, 7) is 5.05. The van der Waals surface area contributed by atoms with Crippen LogP contribution in [0.1, 0.15) is 28.6 Å². The van der Waals surface area contributed by atoms with E-state index < -0.39 is 0 Å². The predicted octanol–water partition coefficient (Wildman–Crippen LogP) is 2.68. The molecule has 3 rings (SSSR count). The van der Waals surface area contributed by atoms with Crippen LogP contribution in [0.25, 0.3) is 0 Å². The fraction of sp³-hybridized carbons (Fsp3) is 0.389. The van der Waals surface area contributed by atoms with Gasteiger partial charge >= 0.3 is 0 Å². The second kappa shape index (κ2) is 9.10. The summed E-state index contributed by atoms with van der Waals surface area (Å²) in [7, 11) is 0. The molecule has 0 saturated carbocycles. The van der Waals surface area contributed by atoms with Gasteiger partial charge in [0.1, 0.15) is 5.82 Å². The first kappa shape index (κ1) is 19.6. The first-order chi connectivity index (χ1) is 11.7. The van der Waals surface area contributed by atoms with Crippen molar-refractivity contribution < 1.29 is 9.13 Å². The van der Waals surface area contributed by atoms with Crippen LogP contribution in [-0.4, -0.2) is 24.7 Å². The fourth-order valence-electron chi connectivity index (χ4n) is 2.87. The van der Waals surface area contributed by atoms with Gasteiger partial charge in [0.05, 0.1) is 24.1 Å². The van der Waals surface area contributed by atoms with Crippen LogP contribution in [0.3, 0.4) is 0 Å². The third-order valence-electron chi connectivity index (χ3n) is 4.05. The predicted molar refractivity (Wildman–Crippen MR) is 99.4 cm³/mol. The van der Waals surface area contributed by atoms with Crippen molar-refractivity contribution in [2.45, 2.75) is 26.1 Å². The van der Waals surface area contributed by atoms with Gasteiger partial charge in [-0.15, -0.1) is 12.4 Å². The third kappa shape index (κ3) is 5.12. The zero-order valence-corrected chi connectivity index (χ0v) is 15.0. The van der Waals surface area contributed by atoms with Crippen molar-refractivity contribution in [2.24, 2.45) is 5.73 Å².